The molecule has 1 aromatic carbocycles. The molecule has 1 aliphatic rings. The maximum Gasteiger partial charge on any atom is 0.0120 e. The van der Waals surface area contributed by atoms with Crippen molar-refractivity contribution in [2.24, 2.45) is 5.73 Å². The van der Waals surface area contributed by atoms with Gasteiger partial charge in [0.1, 0.15) is 0 Å². The van der Waals surface area contributed by atoms with Crippen LogP contribution in [0.5, 0.6) is 0 Å². The van der Waals surface area contributed by atoms with Crippen LogP contribution in [-0.4, -0.2) is 6.04 Å². The normalized spacial score (nSPS) is 14.9. The predicted octanol–water partition coefficient (Wildman–Crippen LogP) is 2.38. The zero-order chi connectivity index (χ0) is 8.97. The van der Waals surface area contributed by atoms with Crippen LogP contribution >= 0.6 is 0 Å². The Morgan fingerprint density at radius 2 is 1.58 bits per heavy atom. The van der Waals surface area contributed by atoms with Crippen LogP contribution in [0.4, 0.5) is 0 Å². The summed E-state index contributed by atoms with van der Waals surface area (Å²) in [4.78, 5) is 0. The molecule has 0 bridgehead atoms. The molecule has 1 aliphatic carbocycles. The van der Waals surface area contributed by atoms with Gasteiger partial charge in [-0.1, -0.05) is 38.1 Å². The minimum absolute atomic E-state index is 0. The van der Waals surface area contributed by atoms with Crippen molar-refractivity contribution in [3.63, 3.8) is 0 Å². The van der Waals surface area contributed by atoms with Crippen LogP contribution in [0.15, 0.2) is 24.3 Å². The lowest BCUT2D eigenvalue weighted by Gasteiger charge is -1.94. The summed E-state index contributed by atoms with van der Waals surface area (Å²) in [5.41, 5.74) is 8.66. The average Bonchev–Trinajstić information content (AvgIpc) is 2.48. The quantitative estimate of drug-likeness (QED) is 0.627. The molecule has 0 spiro atoms. The minimum atomic E-state index is 0. The van der Waals surface area contributed by atoms with E-state index < -0.39 is 0 Å². The lowest BCUT2D eigenvalue weighted by Crippen LogP contribution is -2.18. The molecule has 0 amide bonds. The molecular formula is C11H19N. The molecule has 0 heterocycles. The fourth-order valence-corrected chi connectivity index (χ4v) is 1.59. The van der Waals surface area contributed by atoms with Gasteiger partial charge in [0.15, 0.2) is 0 Å². The highest BCUT2D eigenvalue weighted by Gasteiger charge is 2.15. The standard InChI is InChI=1S/C9H11N.C2H6.H2/c10-9-5-7-3-1-2-4-8(7)6-9;1-2;/h1-4,9H,5-6,10H2;1-2H3;1H. The van der Waals surface area contributed by atoms with Crippen molar-refractivity contribution >= 4 is 0 Å². The molecule has 1 heteroatoms. The molecule has 0 aromatic heterocycles. The fourth-order valence-electron chi connectivity index (χ4n) is 1.59. The van der Waals surface area contributed by atoms with E-state index in [2.05, 4.69) is 24.3 Å². The third-order valence-electron chi connectivity index (χ3n) is 2.08. The molecule has 0 atom stereocenters. The first-order valence-electron chi connectivity index (χ1n) is 4.68. The van der Waals surface area contributed by atoms with Crippen LogP contribution in [0, 0.1) is 0 Å². The SMILES string of the molecule is CC.NC1Cc2ccccc2C1.[HH]. The topological polar surface area (TPSA) is 26.0 Å². The molecule has 0 saturated carbocycles. The number of hydrogen-bond donors (Lipinski definition) is 1. The Kier molecular flexibility index (Phi) is 3.30. The third kappa shape index (κ3) is 1.86. The Balaban J connectivity index is 0.000000451. The first-order valence-corrected chi connectivity index (χ1v) is 4.68. The zero-order valence-corrected chi connectivity index (χ0v) is 7.88. The summed E-state index contributed by atoms with van der Waals surface area (Å²) in [6.07, 6.45) is 2.13. The van der Waals surface area contributed by atoms with E-state index in [-0.39, 0.29) is 1.43 Å². The molecule has 2 N–H and O–H groups in total. The second-order valence-corrected chi connectivity index (χ2v) is 2.94. The third-order valence-corrected chi connectivity index (χ3v) is 2.08. The molecule has 68 valence electrons. The van der Waals surface area contributed by atoms with Crippen molar-refractivity contribution in [2.45, 2.75) is 32.7 Å². The number of rotatable bonds is 0. The highest BCUT2D eigenvalue weighted by molar-refractivity contribution is 5.32. The molecule has 0 radical (unpaired) electrons. The highest BCUT2D eigenvalue weighted by Crippen LogP contribution is 2.19. The van der Waals surface area contributed by atoms with Crippen molar-refractivity contribution < 1.29 is 1.43 Å². The van der Waals surface area contributed by atoms with Gasteiger partial charge in [0.2, 0.25) is 0 Å². The van der Waals surface area contributed by atoms with Gasteiger partial charge in [-0.3, -0.25) is 0 Å². The van der Waals surface area contributed by atoms with Crippen molar-refractivity contribution in [2.75, 3.05) is 0 Å². The van der Waals surface area contributed by atoms with E-state index in [4.69, 9.17) is 5.73 Å². The molecular weight excluding hydrogens is 146 g/mol. The first-order chi connectivity index (χ1) is 5.86. The van der Waals surface area contributed by atoms with E-state index in [1.807, 2.05) is 13.8 Å². The van der Waals surface area contributed by atoms with Crippen LogP contribution in [0.2, 0.25) is 0 Å². The van der Waals surface area contributed by atoms with E-state index in [0.717, 1.165) is 12.8 Å². The smallest absolute Gasteiger partial charge is 0.0120 e. The van der Waals surface area contributed by atoms with E-state index in [1.54, 1.807) is 0 Å². The summed E-state index contributed by atoms with van der Waals surface area (Å²) >= 11 is 0. The van der Waals surface area contributed by atoms with Crippen LogP contribution in [0.1, 0.15) is 26.4 Å². The molecule has 0 unspecified atom stereocenters. The molecule has 1 aromatic rings. The molecule has 1 nitrogen and oxygen atoms in total. The van der Waals surface area contributed by atoms with Gasteiger partial charge in [-0.05, 0) is 24.0 Å². The van der Waals surface area contributed by atoms with Gasteiger partial charge in [0.05, 0.1) is 0 Å². The van der Waals surface area contributed by atoms with E-state index in [0.29, 0.717) is 6.04 Å². The monoisotopic (exact) mass is 165 g/mol. The molecule has 0 fully saturated rings. The number of nitrogens with two attached hydrogens (primary N) is 1. The lowest BCUT2D eigenvalue weighted by molar-refractivity contribution is 0.721. The fraction of sp³-hybridized carbons (Fsp3) is 0.455. The van der Waals surface area contributed by atoms with Crippen molar-refractivity contribution in [3.05, 3.63) is 35.4 Å². The van der Waals surface area contributed by atoms with Crippen molar-refractivity contribution in [1.82, 2.24) is 0 Å². The van der Waals surface area contributed by atoms with Gasteiger partial charge in [-0.2, -0.15) is 0 Å². The Hall–Kier alpha value is -0.820. The van der Waals surface area contributed by atoms with Gasteiger partial charge in [-0.25, -0.2) is 0 Å². The Bertz CT molecular complexity index is 223. The largest absolute Gasteiger partial charge is 0.327 e. The second-order valence-electron chi connectivity index (χ2n) is 2.94. The van der Waals surface area contributed by atoms with Gasteiger partial charge < -0.3 is 5.73 Å². The van der Waals surface area contributed by atoms with Gasteiger partial charge in [-0.15, -0.1) is 0 Å². The van der Waals surface area contributed by atoms with Crippen LogP contribution in [-0.2, 0) is 12.8 Å². The summed E-state index contributed by atoms with van der Waals surface area (Å²) in [6.45, 7) is 4.00. The summed E-state index contributed by atoms with van der Waals surface area (Å²) in [6, 6.07) is 8.87. The highest BCUT2D eigenvalue weighted by atomic mass is 14.6. The van der Waals surface area contributed by atoms with Gasteiger partial charge >= 0.3 is 0 Å². The van der Waals surface area contributed by atoms with E-state index >= 15 is 0 Å². The van der Waals surface area contributed by atoms with Crippen LogP contribution < -0.4 is 5.73 Å². The van der Waals surface area contributed by atoms with E-state index in [9.17, 15) is 0 Å². The maximum absolute atomic E-state index is 5.78. The number of hydrogen-bond acceptors (Lipinski definition) is 1. The Morgan fingerprint density at radius 1 is 1.17 bits per heavy atom. The van der Waals surface area contributed by atoms with Crippen molar-refractivity contribution in [1.29, 1.82) is 0 Å². The van der Waals surface area contributed by atoms with Gasteiger partial charge in [0, 0.05) is 7.47 Å². The second kappa shape index (κ2) is 4.27. The Morgan fingerprint density at radius 3 is 2.00 bits per heavy atom. The molecule has 12 heavy (non-hydrogen) atoms. The zero-order valence-electron chi connectivity index (χ0n) is 7.88. The van der Waals surface area contributed by atoms with Crippen molar-refractivity contribution in [3.8, 4) is 0 Å². The molecule has 0 aliphatic heterocycles. The Labute approximate surface area is 76.1 Å². The predicted molar refractivity (Wildman–Crippen MR) is 55.3 cm³/mol. The van der Waals surface area contributed by atoms with Gasteiger partial charge in [0.25, 0.3) is 0 Å². The minimum Gasteiger partial charge on any atom is -0.327 e. The summed E-state index contributed by atoms with van der Waals surface area (Å²) < 4.78 is 0. The summed E-state index contributed by atoms with van der Waals surface area (Å²) in [5, 5.41) is 0. The lowest BCUT2D eigenvalue weighted by atomic mass is 10.1. The molecule has 2 rings (SSSR count). The van der Waals surface area contributed by atoms with Crippen LogP contribution in [0.25, 0.3) is 0 Å². The number of fused-ring (bicyclic) bond motifs is 1. The molecule has 0 saturated heterocycles. The summed E-state index contributed by atoms with van der Waals surface area (Å²) in [7, 11) is 0. The van der Waals surface area contributed by atoms with E-state index in [1.165, 1.54) is 11.1 Å². The average molecular weight is 165 g/mol. The maximum atomic E-state index is 5.78. The first kappa shape index (κ1) is 9.27. The summed E-state index contributed by atoms with van der Waals surface area (Å²) in [5.74, 6) is 0. The number of benzene rings is 1. The van der Waals surface area contributed by atoms with Crippen LogP contribution in [0.3, 0.4) is 0 Å².